The largest absolute Gasteiger partial charge is 0.493 e. The zero-order chi connectivity index (χ0) is 20.8. The quantitative estimate of drug-likeness (QED) is 0.318. The van der Waals surface area contributed by atoms with Gasteiger partial charge in [-0.25, -0.2) is 0 Å². The van der Waals surface area contributed by atoms with Crippen molar-refractivity contribution >= 4 is 17.7 Å². The molecule has 0 spiro atoms. The van der Waals surface area contributed by atoms with Gasteiger partial charge < -0.3 is 14.8 Å². The molecule has 29 heavy (non-hydrogen) atoms. The summed E-state index contributed by atoms with van der Waals surface area (Å²) >= 11 is 0. The third-order valence-electron chi connectivity index (χ3n) is 4.32. The van der Waals surface area contributed by atoms with Gasteiger partial charge in [0, 0.05) is 18.2 Å². The molecule has 2 aromatic rings. The number of methoxy groups -OCH3 is 1. The van der Waals surface area contributed by atoms with Crippen LogP contribution in [0.25, 0.3) is 6.08 Å². The van der Waals surface area contributed by atoms with Gasteiger partial charge in [-0.3, -0.25) is 14.9 Å². The Kier molecular flexibility index (Phi) is 6.09. The molecule has 1 saturated carbocycles. The molecular formula is C21H19N3O5. The maximum absolute atomic E-state index is 12.1. The van der Waals surface area contributed by atoms with Gasteiger partial charge in [-0.1, -0.05) is 6.07 Å². The number of nitrogens with one attached hydrogen (secondary N) is 1. The molecule has 0 atom stereocenters. The van der Waals surface area contributed by atoms with Crippen LogP contribution in [0.5, 0.6) is 11.5 Å². The Hall–Kier alpha value is -3.86. The molecule has 0 aliphatic heterocycles. The van der Waals surface area contributed by atoms with Gasteiger partial charge in [0.2, 0.25) is 0 Å². The Balaban J connectivity index is 1.70. The molecule has 0 aromatic heterocycles. The minimum atomic E-state index is -0.458. The zero-order valence-corrected chi connectivity index (χ0v) is 15.8. The van der Waals surface area contributed by atoms with Crippen molar-refractivity contribution < 1.29 is 19.2 Å². The van der Waals surface area contributed by atoms with E-state index in [1.165, 1.54) is 25.3 Å². The molecule has 0 bridgehead atoms. The van der Waals surface area contributed by atoms with Crippen molar-refractivity contribution in [1.29, 1.82) is 5.26 Å². The van der Waals surface area contributed by atoms with Crippen molar-refractivity contribution in [3.05, 3.63) is 69.3 Å². The van der Waals surface area contributed by atoms with Crippen molar-refractivity contribution in [3.63, 3.8) is 0 Å². The van der Waals surface area contributed by atoms with Gasteiger partial charge in [-0.15, -0.1) is 0 Å². The second-order valence-electron chi connectivity index (χ2n) is 6.54. The van der Waals surface area contributed by atoms with E-state index in [4.69, 9.17) is 9.47 Å². The standard InChI is InChI=1S/C21H19N3O5/c1-28-20-11-15(10-16(12-22)21(25)23-17-5-6-17)4-9-19(20)29-13-14-2-7-18(8-3-14)24(26)27/h2-4,7-11,17H,5-6,13H2,1H3,(H,23,25)/b16-10+. The molecule has 1 aliphatic rings. The van der Waals surface area contributed by atoms with E-state index in [0.29, 0.717) is 17.1 Å². The van der Waals surface area contributed by atoms with Crippen LogP contribution < -0.4 is 14.8 Å². The van der Waals surface area contributed by atoms with Gasteiger partial charge in [0.1, 0.15) is 18.2 Å². The van der Waals surface area contributed by atoms with Gasteiger partial charge in [0.15, 0.2) is 11.5 Å². The van der Waals surface area contributed by atoms with Crippen LogP contribution in [-0.2, 0) is 11.4 Å². The van der Waals surface area contributed by atoms with Crippen LogP contribution in [0.2, 0.25) is 0 Å². The number of carbonyl (C=O) groups excluding carboxylic acids is 1. The Morgan fingerprint density at radius 3 is 2.59 bits per heavy atom. The first-order chi connectivity index (χ1) is 14.0. The number of nitro groups is 1. The fourth-order valence-corrected chi connectivity index (χ4v) is 2.57. The molecule has 0 heterocycles. The van der Waals surface area contributed by atoms with E-state index in [1.54, 1.807) is 30.3 Å². The number of nitrogens with zero attached hydrogens (tertiary/aromatic N) is 2. The molecule has 0 unspecified atom stereocenters. The fourth-order valence-electron chi connectivity index (χ4n) is 2.57. The first-order valence-electron chi connectivity index (χ1n) is 8.97. The zero-order valence-electron chi connectivity index (χ0n) is 15.8. The number of benzene rings is 2. The second kappa shape index (κ2) is 8.89. The Labute approximate surface area is 167 Å². The molecule has 0 radical (unpaired) electrons. The number of ether oxygens (including phenoxy) is 2. The lowest BCUT2D eigenvalue weighted by molar-refractivity contribution is -0.384. The van der Waals surface area contributed by atoms with Gasteiger partial charge in [0.05, 0.1) is 12.0 Å². The number of nitro benzene ring substituents is 1. The van der Waals surface area contributed by atoms with Crippen LogP contribution in [0.1, 0.15) is 24.0 Å². The van der Waals surface area contributed by atoms with E-state index in [1.807, 2.05) is 6.07 Å². The third kappa shape index (κ3) is 5.32. The average molecular weight is 393 g/mol. The topological polar surface area (TPSA) is 114 Å². The molecule has 1 aliphatic carbocycles. The minimum Gasteiger partial charge on any atom is -0.493 e. The lowest BCUT2D eigenvalue weighted by Gasteiger charge is -2.11. The number of hydrogen-bond donors (Lipinski definition) is 1. The van der Waals surface area contributed by atoms with E-state index in [2.05, 4.69) is 5.32 Å². The van der Waals surface area contributed by atoms with E-state index in [-0.39, 0.29) is 29.8 Å². The van der Waals surface area contributed by atoms with Crippen LogP contribution in [-0.4, -0.2) is 24.0 Å². The number of nitriles is 1. The highest BCUT2D eigenvalue weighted by atomic mass is 16.6. The van der Waals surface area contributed by atoms with Crippen molar-refractivity contribution in [3.8, 4) is 17.6 Å². The van der Waals surface area contributed by atoms with Crippen LogP contribution >= 0.6 is 0 Å². The van der Waals surface area contributed by atoms with Crippen LogP contribution in [0.15, 0.2) is 48.0 Å². The summed E-state index contributed by atoms with van der Waals surface area (Å²) in [5.41, 5.74) is 1.44. The summed E-state index contributed by atoms with van der Waals surface area (Å²) in [4.78, 5) is 22.3. The monoisotopic (exact) mass is 393 g/mol. The summed E-state index contributed by atoms with van der Waals surface area (Å²) in [6.45, 7) is 0.205. The normalized spacial score (nSPS) is 13.3. The highest BCUT2D eigenvalue weighted by molar-refractivity contribution is 6.02. The first-order valence-corrected chi connectivity index (χ1v) is 8.97. The Bertz CT molecular complexity index is 988. The summed E-state index contributed by atoms with van der Waals surface area (Å²) in [6.07, 6.45) is 3.39. The van der Waals surface area contributed by atoms with Crippen molar-refractivity contribution in [2.75, 3.05) is 7.11 Å². The lowest BCUT2D eigenvalue weighted by Crippen LogP contribution is -2.26. The number of rotatable bonds is 8. The summed E-state index contributed by atoms with van der Waals surface area (Å²) < 4.78 is 11.1. The van der Waals surface area contributed by atoms with Gasteiger partial charge in [-0.2, -0.15) is 5.26 Å². The summed E-state index contributed by atoms with van der Waals surface area (Å²) in [7, 11) is 1.49. The van der Waals surface area contributed by atoms with Crippen LogP contribution in [0.4, 0.5) is 5.69 Å². The van der Waals surface area contributed by atoms with Gasteiger partial charge >= 0.3 is 0 Å². The smallest absolute Gasteiger partial charge is 0.269 e. The second-order valence-corrected chi connectivity index (χ2v) is 6.54. The predicted octanol–water partition coefficient (Wildman–Crippen LogP) is 3.37. The summed E-state index contributed by atoms with van der Waals surface area (Å²) in [5, 5.41) is 22.8. The SMILES string of the molecule is COc1cc(/C=C(\C#N)C(=O)NC2CC2)ccc1OCc1ccc([N+](=O)[O-])cc1. The molecule has 2 aromatic carbocycles. The molecular weight excluding hydrogens is 374 g/mol. The molecule has 1 N–H and O–H groups in total. The number of hydrogen-bond acceptors (Lipinski definition) is 6. The van der Waals surface area contributed by atoms with Crippen molar-refractivity contribution in [2.24, 2.45) is 0 Å². The highest BCUT2D eigenvalue weighted by Gasteiger charge is 2.24. The van der Waals surface area contributed by atoms with Crippen molar-refractivity contribution in [1.82, 2.24) is 5.32 Å². The summed E-state index contributed by atoms with van der Waals surface area (Å²) in [5.74, 6) is 0.539. The molecule has 8 heteroatoms. The van der Waals surface area contributed by atoms with Crippen molar-refractivity contribution in [2.45, 2.75) is 25.5 Å². The lowest BCUT2D eigenvalue weighted by atomic mass is 10.1. The van der Waals surface area contributed by atoms with Crippen LogP contribution in [0, 0.1) is 21.4 Å². The summed E-state index contributed by atoms with van der Waals surface area (Å²) in [6, 6.07) is 13.3. The minimum absolute atomic E-state index is 0.0153. The molecule has 1 fully saturated rings. The van der Waals surface area contributed by atoms with E-state index < -0.39 is 4.92 Å². The fraction of sp³-hybridized carbons (Fsp3) is 0.238. The Morgan fingerprint density at radius 1 is 1.28 bits per heavy atom. The van der Waals surface area contributed by atoms with E-state index in [9.17, 15) is 20.2 Å². The molecule has 148 valence electrons. The highest BCUT2D eigenvalue weighted by Crippen LogP contribution is 2.30. The van der Waals surface area contributed by atoms with E-state index in [0.717, 1.165) is 18.4 Å². The Morgan fingerprint density at radius 2 is 2.00 bits per heavy atom. The molecule has 1 amide bonds. The predicted molar refractivity (Wildman–Crippen MR) is 105 cm³/mol. The maximum Gasteiger partial charge on any atom is 0.269 e. The van der Waals surface area contributed by atoms with Gasteiger partial charge in [0.25, 0.3) is 11.6 Å². The molecule has 3 rings (SSSR count). The number of carbonyl (C=O) groups is 1. The molecule has 8 nitrogen and oxygen atoms in total. The maximum atomic E-state index is 12.1. The van der Waals surface area contributed by atoms with Crippen LogP contribution in [0.3, 0.4) is 0 Å². The van der Waals surface area contributed by atoms with Gasteiger partial charge in [-0.05, 0) is 54.3 Å². The number of amides is 1. The number of non-ortho nitro benzene ring substituents is 1. The average Bonchev–Trinajstić information content (AvgIpc) is 3.54. The third-order valence-corrected chi connectivity index (χ3v) is 4.32. The molecule has 0 saturated heterocycles. The van der Waals surface area contributed by atoms with E-state index >= 15 is 0 Å². The first kappa shape index (κ1) is 19.9.